The molecule has 1 atom stereocenters. The highest BCUT2D eigenvalue weighted by Gasteiger charge is 2.08. The Labute approximate surface area is 139 Å². The average Bonchev–Trinajstić information content (AvgIpc) is 2.40. The highest BCUT2D eigenvalue weighted by atomic mass is 35.5. The molecule has 0 aliphatic heterocycles. The Morgan fingerprint density at radius 3 is 2.62 bits per heavy atom. The molecule has 0 saturated carbocycles. The number of likely N-dealkylation sites (N-methyl/N-ethyl adjacent to an activating group) is 1. The van der Waals surface area contributed by atoms with Crippen molar-refractivity contribution < 1.29 is 4.79 Å². The average molecular weight is 337 g/mol. The number of hydrogen-bond donors (Lipinski definition) is 2. The van der Waals surface area contributed by atoms with E-state index in [0.29, 0.717) is 24.7 Å². The van der Waals surface area contributed by atoms with E-state index in [4.69, 9.17) is 5.73 Å². The molecule has 0 saturated heterocycles. The maximum atomic E-state index is 11.7. The van der Waals surface area contributed by atoms with E-state index in [0.717, 1.165) is 18.7 Å². The molecular weight excluding hydrogens is 311 g/mol. The van der Waals surface area contributed by atoms with Crippen LogP contribution < -0.4 is 11.1 Å². The van der Waals surface area contributed by atoms with Crippen LogP contribution in [0.4, 0.5) is 5.69 Å². The molecule has 0 bridgehead atoms. The molecule has 1 rings (SSSR count). The first-order valence-electron chi connectivity index (χ1n) is 6.70. The number of nitrogens with zero attached hydrogens (tertiary/aromatic N) is 2. The van der Waals surface area contributed by atoms with E-state index in [-0.39, 0.29) is 30.7 Å². The van der Waals surface area contributed by atoms with Crippen LogP contribution in [0.5, 0.6) is 0 Å². The molecule has 21 heavy (non-hydrogen) atoms. The first-order chi connectivity index (χ1) is 9.02. The van der Waals surface area contributed by atoms with Gasteiger partial charge in [0, 0.05) is 24.8 Å². The fraction of sp³-hybridized carbons (Fsp3) is 0.571. The predicted octanol–water partition coefficient (Wildman–Crippen LogP) is 1.90. The number of nitrogens with two attached hydrogens (primary N) is 1. The number of carbonyl (C=O) groups is 1. The zero-order valence-corrected chi connectivity index (χ0v) is 14.5. The van der Waals surface area contributed by atoms with Crippen molar-refractivity contribution in [3.05, 3.63) is 24.0 Å². The molecule has 5 nitrogen and oxygen atoms in total. The lowest BCUT2D eigenvalue weighted by molar-refractivity contribution is -0.120. The van der Waals surface area contributed by atoms with E-state index in [2.05, 4.69) is 36.1 Å². The fourth-order valence-electron chi connectivity index (χ4n) is 1.67. The van der Waals surface area contributed by atoms with E-state index in [1.54, 1.807) is 18.3 Å². The van der Waals surface area contributed by atoms with Crippen molar-refractivity contribution in [2.45, 2.75) is 32.7 Å². The lowest BCUT2D eigenvalue weighted by Crippen LogP contribution is -2.37. The Kier molecular flexibility index (Phi) is 12.3. The van der Waals surface area contributed by atoms with Gasteiger partial charge in [-0.25, -0.2) is 0 Å². The Hall–Kier alpha value is -1.04. The van der Waals surface area contributed by atoms with Gasteiger partial charge in [0.1, 0.15) is 0 Å². The van der Waals surface area contributed by atoms with Crippen LogP contribution in [0, 0.1) is 0 Å². The molecular formula is C14H26Cl2N4O. The summed E-state index contributed by atoms with van der Waals surface area (Å²) in [5.74, 6) is -0.00479. The highest BCUT2D eigenvalue weighted by Crippen LogP contribution is 2.02. The van der Waals surface area contributed by atoms with Crippen molar-refractivity contribution in [1.82, 2.24) is 15.2 Å². The van der Waals surface area contributed by atoms with Gasteiger partial charge in [0.15, 0.2) is 0 Å². The Bertz CT molecular complexity index is 400. The van der Waals surface area contributed by atoms with Gasteiger partial charge in [-0.15, -0.1) is 24.8 Å². The lowest BCUT2D eigenvalue weighted by Gasteiger charge is -2.23. The Morgan fingerprint density at radius 2 is 2.10 bits per heavy atom. The van der Waals surface area contributed by atoms with Crippen molar-refractivity contribution in [2.24, 2.45) is 0 Å². The molecule has 122 valence electrons. The van der Waals surface area contributed by atoms with E-state index in [1.165, 1.54) is 0 Å². The number of rotatable bonds is 7. The minimum Gasteiger partial charge on any atom is -0.397 e. The summed E-state index contributed by atoms with van der Waals surface area (Å²) in [6.45, 7) is 5.86. The topological polar surface area (TPSA) is 71.2 Å². The second-order valence-corrected chi connectivity index (χ2v) is 4.85. The van der Waals surface area contributed by atoms with Crippen molar-refractivity contribution in [3.63, 3.8) is 0 Å². The van der Waals surface area contributed by atoms with Crippen molar-refractivity contribution in [1.29, 1.82) is 0 Å². The van der Waals surface area contributed by atoms with Crippen LogP contribution in [0.25, 0.3) is 0 Å². The maximum absolute atomic E-state index is 11.7. The van der Waals surface area contributed by atoms with Crippen LogP contribution in [0.1, 0.15) is 26.0 Å². The van der Waals surface area contributed by atoms with Gasteiger partial charge in [0.05, 0.1) is 18.3 Å². The third-order valence-corrected chi connectivity index (χ3v) is 3.32. The number of amides is 1. The van der Waals surface area contributed by atoms with Gasteiger partial charge < -0.3 is 16.0 Å². The second-order valence-electron chi connectivity index (χ2n) is 4.85. The van der Waals surface area contributed by atoms with Gasteiger partial charge in [-0.2, -0.15) is 0 Å². The molecule has 0 spiro atoms. The lowest BCUT2D eigenvalue weighted by atomic mass is 10.2. The molecule has 7 heteroatoms. The fourth-order valence-corrected chi connectivity index (χ4v) is 1.67. The number of halogens is 2. The summed E-state index contributed by atoms with van der Waals surface area (Å²) < 4.78 is 0. The van der Waals surface area contributed by atoms with Crippen molar-refractivity contribution >= 4 is 36.4 Å². The normalized spacial score (nSPS) is 11.2. The van der Waals surface area contributed by atoms with Gasteiger partial charge in [0.25, 0.3) is 0 Å². The zero-order valence-electron chi connectivity index (χ0n) is 12.8. The first kappa shape index (κ1) is 22.2. The Morgan fingerprint density at radius 1 is 1.43 bits per heavy atom. The van der Waals surface area contributed by atoms with Gasteiger partial charge in [-0.05, 0) is 32.5 Å². The second kappa shape index (κ2) is 11.6. The molecule has 0 aromatic carbocycles. The van der Waals surface area contributed by atoms with Crippen LogP contribution in [0.3, 0.4) is 0 Å². The predicted molar refractivity (Wildman–Crippen MR) is 92.2 cm³/mol. The molecule has 0 aliphatic carbocycles. The smallest absolute Gasteiger partial charge is 0.226 e. The SMILES string of the molecule is CCC(C)N(C)CCNC(=O)Cc1ccc(N)cn1.Cl.Cl. The third-order valence-electron chi connectivity index (χ3n) is 3.32. The number of aromatic nitrogens is 1. The van der Waals surface area contributed by atoms with Crippen LogP contribution in [-0.2, 0) is 11.2 Å². The molecule has 1 aromatic heterocycles. The molecule has 1 amide bonds. The summed E-state index contributed by atoms with van der Waals surface area (Å²) in [5.41, 5.74) is 6.89. The largest absolute Gasteiger partial charge is 0.397 e. The van der Waals surface area contributed by atoms with E-state index in [1.807, 2.05) is 0 Å². The maximum Gasteiger partial charge on any atom is 0.226 e. The summed E-state index contributed by atoms with van der Waals surface area (Å²) in [6, 6.07) is 4.07. The van der Waals surface area contributed by atoms with Crippen LogP contribution in [0.2, 0.25) is 0 Å². The number of nitrogen functional groups attached to an aromatic ring is 1. The third kappa shape index (κ3) is 8.75. The minimum atomic E-state index is -0.00479. The van der Waals surface area contributed by atoms with Crippen LogP contribution in [-0.4, -0.2) is 42.0 Å². The number of carbonyl (C=O) groups excluding carboxylic acids is 1. The monoisotopic (exact) mass is 336 g/mol. The van der Waals surface area contributed by atoms with Crippen molar-refractivity contribution in [3.8, 4) is 0 Å². The van der Waals surface area contributed by atoms with E-state index >= 15 is 0 Å². The van der Waals surface area contributed by atoms with Gasteiger partial charge >= 0.3 is 0 Å². The molecule has 3 N–H and O–H groups in total. The number of anilines is 1. The molecule has 1 unspecified atom stereocenters. The molecule has 1 heterocycles. The summed E-state index contributed by atoms with van der Waals surface area (Å²) in [4.78, 5) is 18.1. The van der Waals surface area contributed by atoms with E-state index in [9.17, 15) is 4.79 Å². The molecule has 1 aromatic rings. The molecule has 0 radical (unpaired) electrons. The van der Waals surface area contributed by atoms with Crippen LogP contribution >= 0.6 is 24.8 Å². The quantitative estimate of drug-likeness (QED) is 0.797. The van der Waals surface area contributed by atoms with Crippen molar-refractivity contribution in [2.75, 3.05) is 25.9 Å². The van der Waals surface area contributed by atoms with Gasteiger partial charge in [0.2, 0.25) is 5.91 Å². The minimum absolute atomic E-state index is 0. The summed E-state index contributed by atoms with van der Waals surface area (Å²) in [5, 5.41) is 2.90. The van der Waals surface area contributed by atoms with Gasteiger partial charge in [-0.1, -0.05) is 6.92 Å². The number of nitrogens with one attached hydrogen (secondary N) is 1. The summed E-state index contributed by atoms with van der Waals surface area (Å²) in [7, 11) is 2.07. The number of pyridine rings is 1. The Balaban J connectivity index is 0. The highest BCUT2D eigenvalue weighted by molar-refractivity contribution is 5.85. The standard InChI is InChI=1S/C14H24N4O.2ClH/c1-4-11(2)18(3)8-7-16-14(19)9-13-6-5-12(15)10-17-13;;/h5-6,10-11H,4,7-9,15H2,1-3H3,(H,16,19);2*1H. The first-order valence-corrected chi connectivity index (χ1v) is 6.70. The van der Waals surface area contributed by atoms with E-state index < -0.39 is 0 Å². The number of hydrogen-bond acceptors (Lipinski definition) is 4. The summed E-state index contributed by atoms with van der Waals surface area (Å²) >= 11 is 0. The van der Waals surface area contributed by atoms with Crippen LogP contribution in [0.15, 0.2) is 18.3 Å². The molecule has 0 aliphatic rings. The molecule has 0 fully saturated rings. The zero-order chi connectivity index (χ0) is 14.3. The van der Waals surface area contributed by atoms with Gasteiger partial charge in [-0.3, -0.25) is 9.78 Å². The summed E-state index contributed by atoms with van der Waals surface area (Å²) in [6.07, 6.45) is 2.98.